The van der Waals surface area contributed by atoms with E-state index in [1.807, 2.05) is 53.6 Å². The average Bonchev–Trinajstić information content (AvgIpc) is 3.74. The maximum Gasteiger partial charge on any atom is 0.308 e. The lowest BCUT2D eigenvalue weighted by atomic mass is 9.79. The lowest BCUT2D eigenvalue weighted by Gasteiger charge is -2.49. The predicted molar refractivity (Wildman–Crippen MR) is 183 cm³/mol. The van der Waals surface area contributed by atoms with Crippen LogP contribution in [0.15, 0.2) is 12.2 Å². The fourth-order valence-corrected chi connectivity index (χ4v) is 8.06. The van der Waals surface area contributed by atoms with Crippen LogP contribution in [-0.2, 0) is 38.0 Å². The molecule has 0 aromatic heterocycles. The van der Waals surface area contributed by atoms with E-state index in [0.717, 1.165) is 0 Å². The topological polar surface area (TPSA) is 177 Å². The monoisotopic (exact) mass is 713 g/mol. The Hall–Kier alpha value is -1.52. The van der Waals surface area contributed by atoms with Gasteiger partial charge in [0, 0.05) is 30.8 Å². The highest BCUT2D eigenvalue weighted by atomic mass is 16.7. The van der Waals surface area contributed by atoms with Gasteiger partial charge in [-0.15, -0.1) is 0 Å². The Labute approximate surface area is 297 Å². The number of aliphatic hydroxyl groups is 4. The molecule has 0 aliphatic carbocycles. The molecule has 4 aliphatic rings. The second-order valence-electron chi connectivity index (χ2n) is 15.6. The number of rotatable bonds is 8. The first-order valence-corrected chi connectivity index (χ1v) is 18.5. The molecule has 4 aliphatic heterocycles. The van der Waals surface area contributed by atoms with Crippen LogP contribution in [0.2, 0.25) is 0 Å². The van der Waals surface area contributed by atoms with E-state index < -0.39 is 96.8 Å². The van der Waals surface area contributed by atoms with Crippen LogP contribution in [0.3, 0.4) is 0 Å². The molecule has 0 bridgehead atoms. The summed E-state index contributed by atoms with van der Waals surface area (Å²) in [5, 5.41) is 43.6. The summed E-state index contributed by atoms with van der Waals surface area (Å²) in [6.07, 6.45) is -2.60. The lowest BCUT2D eigenvalue weighted by molar-refractivity contribution is -0.332. The first-order valence-electron chi connectivity index (χ1n) is 18.5. The van der Waals surface area contributed by atoms with Crippen molar-refractivity contribution in [2.75, 3.05) is 20.7 Å². The van der Waals surface area contributed by atoms with E-state index in [1.54, 1.807) is 26.0 Å². The molecule has 0 spiro atoms. The van der Waals surface area contributed by atoms with Gasteiger partial charge in [-0.05, 0) is 78.6 Å². The molecule has 0 radical (unpaired) electrons. The maximum absolute atomic E-state index is 13.4. The number of carbonyl (C=O) groups excluding carboxylic acids is 2. The van der Waals surface area contributed by atoms with E-state index in [4.69, 9.17) is 28.4 Å². The Kier molecular flexibility index (Phi) is 14.5. The number of likely N-dealkylation sites (N-methyl/N-ethyl adjacent to an activating group) is 1. The molecule has 50 heavy (non-hydrogen) atoms. The van der Waals surface area contributed by atoms with Crippen LogP contribution >= 0.6 is 0 Å². The Morgan fingerprint density at radius 1 is 0.940 bits per heavy atom. The molecule has 3 fully saturated rings. The van der Waals surface area contributed by atoms with Crippen LogP contribution in [0.5, 0.6) is 0 Å². The number of esters is 1. The lowest BCUT2D eigenvalue weighted by Crippen LogP contribution is -2.64. The van der Waals surface area contributed by atoms with Crippen molar-refractivity contribution in [1.82, 2.24) is 4.90 Å². The van der Waals surface area contributed by atoms with E-state index in [1.165, 1.54) is 0 Å². The van der Waals surface area contributed by atoms with Crippen molar-refractivity contribution in [3.8, 4) is 0 Å². The summed E-state index contributed by atoms with van der Waals surface area (Å²) in [4.78, 5) is 28.5. The van der Waals surface area contributed by atoms with Gasteiger partial charge in [-0.3, -0.25) is 9.59 Å². The summed E-state index contributed by atoms with van der Waals surface area (Å²) in [5.41, 5.74) is -0.659. The number of ether oxygens (including phenoxy) is 6. The molecule has 4 N–H and O–H groups in total. The number of allylic oxidation sites excluding steroid dienone is 1. The molecule has 4 heterocycles. The van der Waals surface area contributed by atoms with Crippen molar-refractivity contribution in [3.05, 3.63) is 12.2 Å². The summed E-state index contributed by atoms with van der Waals surface area (Å²) < 4.78 is 37.1. The van der Waals surface area contributed by atoms with E-state index in [-0.39, 0.29) is 37.3 Å². The number of hydrogen-bond acceptors (Lipinski definition) is 13. The van der Waals surface area contributed by atoms with Crippen LogP contribution in [0.1, 0.15) is 87.0 Å². The standard InChI is InChI=1S/C37H63NO12/c1-10-28-21(4)35-37(7,50-35)15-13-25(40)19(2)17-24(14-16-39)33(20(3)27(42)18-29(43)47-28)49-36-32(44)31(38(8)9)34(23(6)46-36)48-30-12-11-26(41)22(5)45-30/h13,15,19-24,26-28,30-36,39,41-42,44H,10-12,14,16-18H2,1-9H3/b15-13+/t19-,20+,21-,22?,23?,24+,26?,27-,28-,30?,31?,32?,33-,34?,35+,36?,37-/m1/s1. The molecule has 13 heteroatoms. The molecular weight excluding hydrogens is 650 g/mol. The fraction of sp³-hybridized carbons (Fsp3) is 0.892. The number of ketones is 1. The summed E-state index contributed by atoms with van der Waals surface area (Å²) >= 11 is 0. The van der Waals surface area contributed by atoms with Crippen molar-refractivity contribution < 1.29 is 58.4 Å². The molecule has 13 nitrogen and oxygen atoms in total. The Balaban J connectivity index is 1.61. The maximum atomic E-state index is 13.4. The molecular formula is C37H63NO12. The highest BCUT2D eigenvalue weighted by Crippen LogP contribution is 2.45. The summed E-state index contributed by atoms with van der Waals surface area (Å²) in [5.74, 6) is -2.38. The SMILES string of the molecule is CC[C@H]1OC(=O)C[C@@H](O)[C@H](C)[C@@H](OC2OC(C)C(OC3CCC(O)C(C)O3)C(N(C)C)C2O)[C@@H](CCO)C[C@@H](C)C(=O)/C=C/[C@@]2(C)O[C@H]2[C@@H]1C. The van der Waals surface area contributed by atoms with Crippen molar-refractivity contribution >= 4 is 11.8 Å². The Morgan fingerprint density at radius 2 is 1.64 bits per heavy atom. The van der Waals surface area contributed by atoms with E-state index in [9.17, 15) is 30.0 Å². The van der Waals surface area contributed by atoms with Gasteiger partial charge in [0.05, 0.1) is 49.1 Å². The molecule has 0 saturated carbocycles. The molecule has 0 amide bonds. The summed E-state index contributed by atoms with van der Waals surface area (Å²) in [7, 11) is 3.65. The van der Waals surface area contributed by atoms with Crippen LogP contribution < -0.4 is 0 Å². The molecule has 3 saturated heterocycles. The van der Waals surface area contributed by atoms with E-state index in [0.29, 0.717) is 25.7 Å². The van der Waals surface area contributed by atoms with Gasteiger partial charge in [-0.2, -0.15) is 0 Å². The smallest absolute Gasteiger partial charge is 0.308 e. The molecule has 0 aromatic rings. The number of aliphatic hydroxyl groups excluding tert-OH is 4. The number of nitrogens with zero attached hydrogens (tertiary/aromatic N) is 1. The first kappa shape index (κ1) is 41.2. The van der Waals surface area contributed by atoms with Gasteiger partial charge in [0.15, 0.2) is 18.4 Å². The molecule has 8 unspecified atom stereocenters. The third-order valence-corrected chi connectivity index (χ3v) is 11.4. The van der Waals surface area contributed by atoms with Crippen molar-refractivity contribution in [2.24, 2.45) is 23.7 Å². The third-order valence-electron chi connectivity index (χ3n) is 11.4. The normalized spacial score (nSPS) is 47.4. The predicted octanol–water partition coefficient (Wildman–Crippen LogP) is 2.34. The summed E-state index contributed by atoms with van der Waals surface area (Å²) in [6, 6.07) is -0.583. The second kappa shape index (κ2) is 17.5. The number of cyclic esters (lactones) is 1. The van der Waals surface area contributed by atoms with Gasteiger partial charge in [-0.1, -0.05) is 27.7 Å². The van der Waals surface area contributed by atoms with E-state index >= 15 is 0 Å². The van der Waals surface area contributed by atoms with Gasteiger partial charge in [-0.25, -0.2) is 0 Å². The third kappa shape index (κ3) is 9.71. The molecule has 17 atom stereocenters. The number of carbonyl (C=O) groups is 2. The highest BCUT2D eigenvalue weighted by molar-refractivity contribution is 5.91. The first-order chi connectivity index (χ1) is 23.5. The zero-order chi connectivity index (χ0) is 37.1. The van der Waals surface area contributed by atoms with Gasteiger partial charge in [0.25, 0.3) is 0 Å². The minimum atomic E-state index is -1.21. The minimum Gasteiger partial charge on any atom is -0.462 e. The Morgan fingerprint density at radius 3 is 2.26 bits per heavy atom. The number of fused-ring (bicyclic) bond motifs is 1. The quantitative estimate of drug-likeness (QED) is 0.213. The van der Waals surface area contributed by atoms with Crippen molar-refractivity contribution in [3.63, 3.8) is 0 Å². The van der Waals surface area contributed by atoms with Crippen LogP contribution in [0.4, 0.5) is 0 Å². The number of epoxide rings is 1. The molecule has 0 aromatic carbocycles. The van der Waals surface area contributed by atoms with Gasteiger partial charge < -0.3 is 53.7 Å². The zero-order valence-corrected chi connectivity index (χ0v) is 31.3. The average molecular weight is 714 g/mol. The van der Waals surface area contributed by atoms with Gasteiger partial charge in [0.2, 0.25) is 0 Å². The second-order valence-corrected chi connectivity index (χ2v) is 15.6. The largest absolute Gasteiger partial charge is 0.462 e. The van der Waals surface area contributed by atoms with Crippen LogP contribution in [0, 0.1) is 23.7 Å². The zero-order valence-electron chi connectivity index (χ0n) is 31.3. The van der Waals surface area contributed by atoms with Crippen molar-refractivity contribution in [2.45, 2.75) is 166 Å². The van der Waals surface area contributed by atoms with Crippen LogP contribution in [0.25, 0.3) is 0 Å². The van der Waals surface area contributed by atoms with Gasteiger partial charge >= 0.3 is 5.97 Å². The minimum absolute atomic E-state index is 0.101. The van der Waals surface area contributed by atoms with E-state index in [2.05, 4.69) is 0 Å². The van der Waals surface area contributed by atoms with Gasteiger partial charge in [0.1, 0.15) is 23.9 Å². The fourth-order valence-electron chi connectivity index (χ4n) is 8.06. The molecule has 4 rings (SSSR count). The van der Waals surface area contributed by atoms with Crippen molar-refractivity contribution in [1.29, 1.82) is 0 Å². The van der Waals surface area contributed by atoms with Crippen LogP contribution in [-0.4, -0.2) is 137 Å². The Bertz CT molecular complexity index is 1150. The number of hydrogen-bond donors (Lipinski definition) is 4. The highest BCUT2D eigenvalue weighted by Gasteiger charge is 2.55. The summed E-state index contributed by atoms with van der Waals surface area (Å²) in [6.45, 7) is 12.8. The molecule has 288 valence electrons.